The van der Waals surface area contributed by atoms with Gasteiger partial charge in [0.1, 0.15) is 5.75 Å². The molecular weight excluding hydrogens is 312 g/mol. The first kappa shape index (κ1) is 19.0. The van der Waals surface area contributed by atoms with Gasteiger partial charge < -0.3 is 9.84 Å². The van der Waals surface area contributed by atoms with Crippen LogP contribution < -0.4 is 4.74 Å². The van der Waals surface area contributed by atoms with Crippen molar-refractivity contribution in [2.24, 2.45) is 5.41 Å². The van der Waals surface area contributed by atoms with Crippen molar-refractivity contribution in [1.82, 2.24) is 0 Å². The lowest BCUT2D eigenvalue weighted by atomic mass is 9.72. The topological polar surface area (TPSA) is 46.5 Å². The van der Waals surface area contributed by atoms with Crippen molar-refractivity contribution in [3.63, 3.8) is 0 Å². The summed E-state index contributed by atoms with van der Waals surface area (Å²) in [6.07, 6.45) is 10.0. The van der Waals surface area contributed by atoms with Crippen molar-refractivity contribution < 1.29 is 14.6 Å². The molecular formula is C22H28O3. The molecule has 1 aromatic rings. The summed E-state index contributed by atoms with van der Waals surface area (Å²) in [4.78, 5) is 11.1. The lowest BCUT2D eigenvalue weighted by molar-refractivity contribution is 0.0696. The second-order valence-electron chi connectivity index (χ2n) is 7.42. The summed E-state index contributed by atoms with van der Waals surface area (Å²) >= 11 is 0. The average Bonchev–Trinajstić information content (AvgIpc) is 2.53. The van der Waals surface area contributed by atoms with Crippen molar-refractivity contribution in [1.29, 1.82) is 0 Å². The van der Waals surface area contributed by atoms with Gasteiger partial charge in [0.2, 0.25) is 0 Å². The van der Waals surface area contributed by atoms with Crippen LogP contribution in [-0.4, -0.2) is 18.2 Å². The van der Waals surface area contributed by atoms with E-state index in [2.05, 4.69) is 32.9 Å². The molecule has 0 fully saturated rings. The zero-order valence-corrected chi connectivity index (χ0v) is 15.8. The molecule has 3 nitrogen and oxygen atoms in total. The second kappa shape index (κ2) is 7.73. The minimum absolute atomic E-state index is 0.222. The van der Waals surface area contributed by atoms with Crippen molar-refractivity contribution in [2.75, 3.05) is 7.11 Å². The molecule has 1 aliphatic rings. The Morgan fingerprint density at radius 3 is 2.64 bits per heavy atom. The van der Waals surface area contributed by atoms with Gasteiger partial charge in [0.15, 0.2) is 0 Å². The molecule has 3 heteroatoms. The number of rotatable bonds is 5. The van der Waals surface area contributed by atoms with Crippen LogP contribution in [0.15, 0.2) is 47.1 Å². The number of hydrogen-bond acceptors (Lipinski definition) is 2. The molecule has 0 aliphatic heterocycles. The molecule has 0 amide bonds. The van der Waals surface area contributed by atoms with Crippen molar-refractivity contribution >= 4 is 12.0 Å². The largest absolute Gasteiger partial charge is 0.496 e. The van der Waals surface area contributed by atoms with Gasteiger partial charge >= 0.3 is 5.97 Å². The highest BCUT2D eigenvalue weighted by Gasteiger charge is 2.26. The highest BCUT2D eigenvalue weighted by Crippen LogP contribution is 2.40. The molecule has 1 N–H and O–H groups in total. The fourth-order valence-electron chi connectivity index (χ4n) is 3.48. The van der Waals surface area contributed by atoms with Crippen LogP contribution in [0.3, 0.4) is 0 Å². The molecule has 0 bridgehead atoms. The minimum Gasteiger partial charge on any atom is -0.496 e. The van der Waals surface area contributed by atoms with Crippen LogP contribution in [0, 0.1) is 5.41 Å². The number of hydrogen-bond donors (Lipinski definition) is 1. The number of carbonyl (C=O) groups is 1. The standard InChI is InChI=1S/C22H28O3/c1-15(8-11-19-16(2)7-6-12-22(19,3)4)13-17-9-10-18(21(23)24)14-20(17)25-5/h8-11,13-14H,6-7,12H2,1-5H3,(H,23,24)/b11-8+,15-13+. The smallest absolute Gasteiger partial charge is 0.335 e. The molecule has 0 aromatic heterocycles. The SMILES string of the molecule is COc1cc(C(=O)O)ccc1/C=C(C)/C=C/C1=C(C)CCCC1(C)C. The number of methoxy groups -OCH3 is 1. The highest BCUT2D eigenvalue weighted by molar-refractivity contribution is 5.88. The molecule has 0 heterocycles. The van der Waals surface area contributed by atoms with E-state index < -0.39 is 5.97 Å². The number of carboxylic acid groups (broad SMARTS) is 1. The number of benzene rings is 1. The predicted octanol–water partition coefficient (Wildman–Crippen LogP) is 5.88. The third-order valence-electron chi connectivity index (χ3n) is 4.92. The van der Waals surface area contributed by atoms with Gasteiger partial charge in [-0.3, -0.25) is 0 Å². The summed E-state index contributed by atoms with van der Waals surface area (Å²) in [5.74, 6) is -0.381. The summed E-state index contributed by atoms with van der Waals surface area (Å²) in [6.45, 7) is 8.89. The third-order valence-corrected chi connectivity index (χ3v) is 4.92. The molecule has 0 spiro atoms. The number of allylic oxidation sites excluding steroid dienone is 5. The maximum absolute atomic E-state index is 11.1. The Labute approximate surface area is 150 Å². The summed E-state index contributed by atoms with van der Waals surface area (Å²) in [5.41, 5.74) is 5.33. The number of aromatic carboxylic acids is 1. The molecule has 0 saturated carbocycles. The van der Waals surface area contributed by atoms with Crippen LogP contribution >= 0.6 is 0 Å². The zero-order chi connectivity index (χ0) is 18.6. The van der Waals surface area contributed by atoms with Gasteiger partial charge in [-0.05, 0) is 62.3 Å². The maximum Gasteiger partial charge on any atom is 0.335 e. The number of ether oxygens (including phenoxy) is 1. The summed E-state index contributed by atoms with van der Waals surface area (Å²) in [5, 5.41) is 9.09. The van der Waals surface area contributed by atoms with E-state index in [4.69, 9.17) is 9.84 Å². The van der Waals surface area contributed by atoms with E-state index in [1.807, 2.05) is 13.0 Å². The Hall–Kier alpha value is -2.29. The Kier molecular flexibility index (Phi) is 5.89. The van der Waals surface area contributed by atoms with E-state index >= 15 is 0 Å². The summed E-state index contributed by atoms with van der Waals surface area (Å²) in [7, 11) is 1.56. The van der Waals surface area contributed by atoms with E-state index in [0.717, 1.165) is 11.1 Å². The van der Waals surface area contributed by atoms with Gasteiger partial charge in [0.05, 0.1) is 12.7 Å². The van der Waals surface area contributed by atoms with E-state index in [-0.39, 0.29) is 11.0 Å². The molecule has 134 valence electrons. The monoisotopic (exact) mass is 340 g/mol. The lowest BCUT2D eigenvalue weighted by Gasteiger charge is -2.32. The summed E-state index contributed by atoms with van der Waals surface area (Å²) < 4.78 is 5.34. The van der Waals surface area contributed by atoms with Crippen LogP contribution in [0.25, 0.3) is 6.08 Å². The van der Waals surface area contributed by atoms with Crippen molar-refractivity contribution in [3.05, 3.63) is 58.2 Å². The Morgan fingerprint density at radius 1 is 1.32 bits per heavy atom. The maximum atomic E-state index is 11.1. The lowest BCUT2D eigenvalue weighted by Crippen LogP contribution is -2.19. The van der Waals surface area contributed by atoms with Crippen LogP contribution in [-0.2, 0) is 0 Å². The zero-order valence-electron chi connectivity index (χ0n) is 15.8. The Bertz CT molecular complexity index is 749. The molecule has 25 heavy (non-hydrogen) atoms. The van der Waals surface area contributed by atoms with Crippen LogP contribution in [0.5, 0.6) is 5.75 Å². The van der Waals surface area contributed by atoms with Gasteiger partial charge in [-0.2, -0.15) is 0 Å². The summed E-state index contributed by atoms with van der Waals surface area (Å²) in [6, 6.07) is 4.95. The van der Waals surface area contributed by atoms with Crippen molar-refractivity contribution in [3.8, 4) is 5.75 Å². The second-order valence-corrected chi connectivity index (χ2v) is 7.42. The van der Waals surface area contributed by atoms with Crippen LogP contribution in [0.2, 0.25) is 0 Å². The quantitative estimate of drug-likeness (QED) is 0.681. The Balaban J connectivity index is 2.29. The minimum atomic E-state index is -0.951. The molecule has 0 radical (unpaired) electrons. The first-order valence-corrected chi connectivity index (χ1v) is 8.72. The fraction of sp³-hybridized carbons (Fsp3) is 0.409. The molecule has 1 aliphatic carbocycles. The third kappa shape index (κ3) is 4.62. The van der Waals surface area contributed by atoms with Gasteiger partial charge in [-0.15, -0.1) is 0 Å². The van der Waals surface area contributed by atoms with Gasteiger partial charge in [0.25, 0.3) is 0 Å². The molecule has 0 unspecified atom stereocenters. The Morgan fingerprint density at radius 2 is 2.04 bits per heavy atom. The van der Waals surface area contributed by atoms with Crippen molar-refractivity contribution in [2.45, 2.75) is 47.0 Å². The van der Waals surface area contributed by atoms with Gasteiger partial charge in [0, 0.05) is 5.56 Å². The van der Waals surface area contributed by atoms with Gasteiger partial charge in [-0.1, -0.05) is 43.2 Å². The fourth-order valence-corrected chi connectivity index (χ4v) is 3.48. The van der Waals surface area contributed by atoms with Gasteiger partial charge in [-0.25, -0.2) is 4.79 Å². The van der Waals surface area contributed by atoms with Crippen LogP contribution in [0.1, 0.15) is 62.9 Å². The average molecular weight is 340 g/mol. The molecule has 2 rings (SSSR count). The molecule has 0 saturated heterocycles. The highest BCUT2D eigenvalue weighted by atomic mass is 16.5. The first-order chi connectivity index (χ1) is 11.7. The van der Waals surface area contributed by atoms with E-state index in [0.29, 0.717) is 5.75 Å². The molecule has 0 atom stereocenters. The van der Waals surface area contributed by atoms with Crippen LogP contribution in [0.4, 0.5) is 0 Å². The van der Waals surface area contributed by atoms with E-state index in [9.17, 15) is 4.79 Å². The van der Waals surface area contributed by atoms with E-state index in [1.165, 1.54) is 30.4 Å². The molecule has 1 aromatic carbocycles. The predicted molar refractivity (Wildman–Crippen MR) is 103 cm³/mol. The number of carboxylic acids is 1. The first-order valence-electron chi connectivity index (χ1n) is 8.72. The van der Waals surface area contributed by atoms with E-state index in [1.54, 1.807) is 25.3 Å². The normalized spacial score (nSPS) is 17.9.